The third kappa shape index (κ3) is 3.22. The first kappa shape index (κ1) is 23.7. The third-order valence-corrected chi connectivity index (χ3v) is 8.91. The van der Waals surface area contributed by atoms with Gasteiger partial charge in [0.2, 0.25) is 11.7 Å². The van der Waals surface area contributed by atoms with Crippen LogP contribution in [0.15, 0.2) is 34.0 Å². The number of furan rings is 1. The molecule has 5 rings (SSSR count). The second-order valence-corrected chi connectivity index (χ2v) is 10.8. The number of hydrogen-bond donors (Lipinski definition) is 1. The molecule has 0 saturated heterocycles. The molecule has 1 saturated carbocycles. The minimum absolute atomic E-state index is 0.0137. The number of Topliss-reactive ketones (excluding diaryl/α,β-unsaturated/α-hetero) is 2. The lowest BCUT2D eigenvalue weighted by atomic mass is 9.51. The van der Waals surface area contributed by atoms with E-state index in [0.717, 1.165) is 24.0 Å². The first-order valence-electron chi connectivity index (χ1n) is 12.1. The van der Waals surface area contributed by atoms with Gasteiger partial charge < -0.3 is 19.6 Å². The van der Waals surface area contributed by atoms with E-state index in [1.807, 2.05) is 6.92 Å². The molecule has 2 N–H and O–H groups in total. The molecule has 0 spiro atoms. The summed E-state index contributed by atoms with van der Waals surface area (Å²) in [4.78, 5) is 51.1. The van der Waals surface area contributed by atoms with E-state index >= 15 is 0 Å². The SMILES string of the molecule is C=C1CC[C@H]2C3=C([C@H](CC(=O)CCC(N)=O)C[C@]12C)[C@]1(C)c2c(coc2C3=O)C(=O)O[C@@H]1COC. The number of cyclic esters (lactones) is 1. The van der Waals surface area contributed by atoms with Crippen LogP contribution in [0.25, 0.3) is 0 Å². The smallest absolute Gasteiger partial charge is 0.342 e. The lowest BCUT2D eigenvalue weighted by Gasteiger charge is -2.53. The lowest BCUT2D eigenvalue weighted by molar-refractivity contribution is -0.124. The summed E-state index contributed by atoms with van der Waals surface area (Å²) in [6.45, 7) is 8.55. The number of allylic oxidation sites excluding steroid dienone is 2. The Morgan fingerprint density at radius 3 is 2.69 bits per heavy atom. The van der Waals surface area contributed by atoms with Crippen molar-refractivity contribution in [3.63, 3.8) is 0 Å². The number of esters is 1. The average Bonchev–Trinajstić information content (AvgIpc) is 3.37. The van der Waals surface area contributed by atoms with Gasteiger partial charge in [0.05, 0.1) is 12.0 Å². The van der Waals surface area contributed by atoms with Crippen molar-refractivity contribution in [2.45, 2.75) is 63.9 Å². The molecule has 3 aliphatic carbocycles. The Bertz CT molecular complexity index is 1210. The maximum atomic E-state index is 14.0. The highest BCUT2D eigenvalue weighted by Crippen LogP contribution is 2.64. The van der Waals surface area contributed by atoms with Gasteiger partial charge in [0, 0.05) is 37.5 Å². The van der Waals surface area contributed by atoms with Gasteiger partial charge in [0.15, 0.2) is 5.76 Å². The van der Waals surface area contributed by atoms with E-state index in [0.29, 0.717) is 17.6 Å². The zero-order valence-electron chi connectivity index (χ0n) is 20.4. The van der Waals surface area contributed by atoms with Gasteiger partial charge in [0.25, 0.3) is 0 Å². The van der Waals surface area contributed by atoms with Crippen LogP contribution >= 0.6 is 0 Å². The number of nitrogens with two attached hydrogens (primary N) is 1. The summed E-state index contributed by atoms with van der Waals surface area (Å²) in [5, 5.41) is 0. The van der Waals surface area contributed by atoms with Crippen LogP contribution in [0.3, 0.4) is 0 Å². The van der Waals surface area contributed by atoms with Gasteiger partial charge in [-0.1, -0.05) is 19.1 Å². The summed E-state index contributed by atoms with van der Waals surface area (Å²) >= 11 is 0. The number of ketones is 2. The summed E-state index contributed by atoms with van der Waals surface area (Å²) in [6.07, 6.45) is 3.08. The van der Waals surface area contributed by atoms with E-state index in [1.165, 1.54) is 13.4 Å². The number of ether oxygens (including phenoxy) is 2. The molecular weight excluding hydrogens is 450 g/mol. The molecule has 35 heavy (non-hydrogen) atoms. The first-order chi connectivity index (χ1) is 16.5. The van der Waals surface area contributed by atoms with Gasteiger partial charge in [-0.3, -0.25) is 14.4 Å². The zero-order chi connectivity index (χ0) is 25.3. The number of carbonyl (C=O) groups excluding carboxylic acids is 4. The van der Waals surface area contributed by atoms with E-state index in [2.05, 4.69) is 13.5 Å². The van der Waals surface area contributed by atoms with Crippen LogP contribution in [0.4, 0.5) is 0 Å². The molecule has 0 aromatic carbocycles. The largest absolute Gasteiger partial charge is 0.460 e. The molecule has 2 heterocycles. The first-order valence-corrected chi connectivity index (χ1v) is 12.1. The molecule has 4 aliphatic rings. The average molecular weight is 482 g/mol. The van der Waals surface area contributed by atoms with E-state index in [4.69, 9.17) is 19.6 Å². The van der Waals surface area contributed by atoms with Gasteiger partial charge in [-0.25, -0.2) is 4.79 Å². The van der Waals surface area contributed by atoms with Crippen molar-refractivity contribution >= 4 is 23.4 Å². The Kier molecular flexibility index (Phi) is 5.43. The predicted molar refractivity (Wildman–Crippen MR) is 125 cm³/mol. The van der Waals surface area contributed by atoms with Crippen molar-refractivity contribution in [3.05, 3.63) is 46.4 Å². The van der Waals surface area contributed by atoms with Gasteiger partial charge in [-0.15, -0.1) is 0 Å². The van der Waals surface area contributed by atoms with E-state index in [9.17, 15) is 19.2 Å². The Hall–Kier alpha value is -3.00. The minimum atomic E-state index is -0.884. The van der Waals surface area contributed by atoms with Crippen LogP contribution in [-0.2, 0) is 24.5 Å². The second-order valence-electron chi connectivity index (χ2n) is 10.8. The number of amides is 1. The molecule has 5 atom stereocenters. The highest BCUT2D eigenvalue weighted by molar-refractivity contribution is 6.13. The Morgan fingerprint density at radius 2 is 2.00 bits per heavy atom. The molecular formula is C27H31NO7. The number of methoxy groups -OCH3 is 1. The molecule has 186 valence electrons. The summed E-state index contributed by atoms with van der Waals surface area (Å²) in [5.41, 5.74) is 7.42. The highest BCUT2D eigenvalue weighted by Gasteiger charge is 2.62. The molecule has 1 aromatic rings. The van der Waals surface area contributed by atoms with Crippen molar-refractivity contribution < 1.29 is 33.1 Å². The highest BCUT2D eigenvalue weighted by atomic mass is 16.6. The van der Waals surface area contributed by atoms with E-state index in [-0.39, 0.29) is 66.0 Å². The Morgan fingerprint density at radius 1 is 1.26 bits per heavy atom. The topological polar surface area (TPSA) is 126 Å². The fourth-order valence-electron chi connectivity index (χ4n) is 7.18. The molecule has 0 radical (unpaired) electrons. The van der Waals surface area contributed by atoms with Gasteiger partial charge >= 0.3 is 5.97 Å². The van der Waals surface area contributed by atoms with Crippen LogP contribution < -0.4 is 5.73 Å². The monoisotopic (exact) mass is 481 g/mol. The summed E-state index contributed by atoms with van der Waals surface area (Å²) in [7, 11) is 1.54. The molecule has 1 fully saturated rings. The number of hydrogen-bond acceptors (Lipinski definition) is 7. The van der Waals surface area contributed by atoms with Crippen LogP contribution in [0.2, 0.25) is 0 Å². The maximum absolute atomic E-state index is 14.0. The fourth-order valence-corrected chi connectivity index (χ4v) is 7.18. The maximum Gasteiger partial charge on any atom is 0.342 e. The Balaban J connectivity index is 1.71. The second kappa shape index (κ2) is 8.01. The van der Waals surface area contributed by atoms with E-state index in [1.54, 1.807) is 0 Å². The van der Waals surface area contributed by atoms with Crippen molar-refractivity contribution in [2.24, 2.45) is 23.0 Å². The summed E-state index contributed by atoms with van der Waals surface area (Å²) < 4.78 is 17.0. The molecule has 8 nitrogen and oxygen atoms in total. The molecule has 1 amide bonds. The van der Waals surface area contributed by atoms with Gasteiger partial charge in [-0.05, 0) is 49.0 Å². The standard InChI is InChI=1S/C27H31NO7/c1-13-5-7-17-20-21(14(10-26(13,17)2)9-15(29)6-8-19(28)30)27(3)18(12-33-4)35-25(32)16-11-34-24(22(16)27)23(20)31/h11,14,17-18H,1,5-10,12H2,2-4H3,(H2,28,30)/t14-,17+,18-,26-,27-/m1/s1. The third-order valence-electron chi connectivity index (χ3n) is 8.91. The molecule has 1 aromatic heterocycles. The van der Waals surface area contributed by atoms with Gasteiger partial charge in [0.1, 0.15) is 23.7 Å². The fraction of sp³-hybridized carbons (Fsp3) is 0.556. The lowest BCUT2D eigenvalue weighted by Crippen LogP contribution is -2.55. The molecule has 1 aliphatic heterocycles. The zero-order valence-corrected chi connectivity index (χ0v) is 20.4. The van der Waals surface area contributed by atoms with Crippen molar-refractivity contribution in [3.8, 4) is 0 Å². The summed E-state index contributed by atoms with van der Waals surface area (Å²) in [6, 6.07) is 0. The van der Waals surface area contributed by atoms with E-state index < -0.39 is 23.4 Å². The number of fused-ring (bicyclic) bond motifs is 3. The predicted octanol–water partition coefficient (Wildman–Crippen LogP) is 3.43. The minimum Gasteiger partial charge on any atom is -0.460 e. The van der Waals surface area contributed by atoms with Crippen molar-refractivity contribution in [2.75, 3.05) is 13.7 Å². The molecule has 0 bridgehead atoms. The van der Waals surface area contributed by atoms with Crippen LogP contribution in [0.1, 0.15) is 78.8 Å². The molecule has 8 heteroatoms. The Labute approximate surface area is 203 Å². The summed E-state index contributed by atoms with van der Waals surface area (Å²) in [5.74, 6) is -1.54. The number of primary amides is 1. The number of carbonyl (C=O) groups is 4. The van der Waals surface area contributed by atoms with Crippen LogP contribution in [0, 0.1) is 17.3 Å². The normalized spacial score (nSPS) is 33.2. The molecule has 0 unspecified atom stereocenters. The van der Waals surface area contributed by atoms with Crippen molar-refractivity contribution in [1.29, 1.82) is 0 Å². The van der Waals surface area contributed by atoms with Crippen molar-refractivity contribution in [1.82, 2.24) is 0 Å². The van der Waals surface area contributed by atoms with Gasteiger partial charge in [-0.2, -0.15) is 0 Å². The quantitative estimate of drug-likeness (QED) is 0.467. The number of rotatable bonds is 7. The van der Waals surface area contributed by atoms with Crippen LogP contribution in [-0.4, -0.2) is 43.3 Å². The van der Waals surface area contributed by atoms with Crippen LogP contribution in [0.5, 0.6) is 0 Å².